The fourth-order valence-electron chi connectivity index (χ4n) is 8.83. The molecule has 1 N–H and O–H groups in total. The van der Waals surface area contributed by atoms with E-state index in [1.54, 1.807) is 36.4 Å². The van der Waals surface area contributed by atoms with E-state index in [4.69, 9.17) is 37.8 Å². The van der Waals surface area contributed by atoms with Crippen molar-refractivity contribution in [2.45, 2.75) is 90.9 Å². The molecule has 2 heterocycles. The van der Waals surface area contributed by atoms with Crippen LogP contribution < -0.4 is 23.7 Å². The number of unbranched alkanes of at least 4 members (excludes halogenated alkanes) is 3. The molecule has 0 unspecified atom stereocenters. The molecular formula is C54H55NO13S. The Morgan fingerprint density at radius 1 is 0.652 bits per heavy atom. The number of ether oxygens (including phenoxy) is 6. The Morgan fingerprint density at radius 2 is 1.16 bits per heavy atom. The van der Waals surface area contributed by atoms with E-state index in [9.17, 15) is 29.1 Å². The van der Waals surface area contributed by atoms with Crippen LogP contribution >= 0.6 is 11.3 Å². The summed E-state index contributed by atoms with van der Waals surface area (Å²) < 4.78 is 41.0. The fraction of sp³-hybridized carbons (Fsp3) is 0.370. The van der Waals surface area contributed by atoms with Crippen LogP contribution in [0.15, 0.2) is 95.9 Å². The summed E-state index contributed by atoms with van der Waals surface area (Å²) in [5.41, 5.74) is 3.17. The zero-order valence-electron chi connectivity index (χ0n) is 38.7. The normalized spacial score (nSPS) is 18.0. The van der Waals surface area contributed by atoms with Crippen LogP contribution in [-0.4, -0.2) is 53.2 Å². The summed E-state index contributed by atoms with van der Waals surface area (Å²) in [7, 11) is 0. The molecule has 2 aliphatic rings. The average Bonchev–Trinajstić information content (AvgIpc) is 4.01. The number of aromatic hydroxyl groups is 1. The maximum absolute atomic E-state index is 13.8. The molecule has 0 aliphatic heterocycles. The van der Waals surface area contributed by atoms with E-state index < -0.39 is 29.7 Å². The topological polar surface area (TPSA) is 187 Å². The van der Waals surface area contributed by atoms with Gasteiger partial charge in [0.25, 0.3) is 0 Å². The molecule has 2 aromatic heterocycles. The van der Waals surface area contributed by atoms with Crippen molar-refractivity contribution in [2.24, 2.45) is 23.7 Å². The van der Waals surface area contributed by atoms with E-state index in [2.05, 4.69) is 12.6 Å². The van der Waals surface area contributed by atoms with Crippen LogP contribution in [0.3, 0.4) is 0 Å². The van der Waals surface area contributed by atoms with Gasteiger partial charge in [0.1, 0.15) is 38.8 Å². The monoisotopic (exact) mass is 957 g/mol. The third kappa shape index (κ3) is 12.4. The van der Waals surface area contributed by atoms with Crippen LogP contribution in [0.1, 0.15) is 88.2 Å². The summed E-state index contributed by atoms with van der Waals surface area (Å²) >= 11 is 1.26. The lowest BCUT2D eigenvalue weighted by atomic mass is 9.82. The number of thiazole rings is 1. The lowest BCUT2D eigenvalue weighted by molar-refractivity contribution is -0.145. The maximum atomic E-state index is 13.8. The highest BCUT2D eigenvalue weighted by atomic mass is 32.1. The molecule has 69 heavy (non-hydrogen) atoms. The molecule has 15 heteroatoms. The van der Waals surface area contributed by atoms with Crippen molar-refractivity contribution in [3.05, 3.63) is 103 Å². The first-order valence-corrected chi connectivity index (χ1v) is 24.3. The predicted molar refractivity (Wildman–Crippen MR) is 257 cm³/mol. The Hall–Kier alpha value is -7.00. The minimum atomic E-state index is -0.457. The third-order valence-electron chi connectivity index (χ3n) is 12.7. The molecule has 2 saturated carbocycles. The van der Waals surface area contributed by atoms with E-state index in [-0.39, 0.29) is 41.0 Å². The van der Waals surface area contributed by atoms with Gasteiger partial charge in [-0.05, 0) is 175 Å². The molecule has 0 spiro atoms. The first-order valence-electron chi connectivity index (χ1n) is 23.5. The van der Waals surface area contributed by atoms with Crippen molar-refractivity contribution in [1.29, 1.82) is 0 Å². The number of esters is 5. The zero-order valence-corrected chi connectivity index (χ0v) is 39.5. The van der Waals surface area contributed by atoms with Crippen molar-refractivity contribution in [1.82, 2.24) is 4.98 Å². The van der Waals surface area contributed by atoms with Gasteiger partial charge in [0, 0.05) is 11.5 Å². The van der Waals surface area contributed by atoms with Gasteiger partial charge < -0.3 is 37.9 Å². The number of nitrogens with zero attached hydrogens (tertiary/aromatic N) is 1. The lowest BCUT2D eigenvalue weighted by Gasteiger charge is -2.26. The van der Waals surface area contributed by atoms with Gasteiger partial charge >= 0.3 is 29.8 Å². The molecular weight excluding hydrogens is 903 g/mol. The Balaban J connectivity index is 0.868. The summed E-state index contributed by atoms with van der Waals surface area (Å²) in [5.74, 6) is -1.18. The summed E-state index contributed by atoms with van der Waals surface area (Å²) in [6.07, 6.45) is 8.18. The second-order valence-electron chi connectivity index (χ2n) is 17.7. The number of benzene rings is 4. The number of aromatic nitrogens is 1. The number of furan rings is 1. The van der Waals surface area contributed by atoms with Crippen LogP contribution in [0.25, 0.3) is 32.0 Å². The number of rotatable bonds is 18. The van der Waals surface area contributed by atoms with Crippen LogP contribution in [0.5, 0.6) is 34.5 Å². The minimum Gasteiger partial charge on any atom is -0.508 e. The zero-order chi connectivity index (χ0) is 48.4. The van der Waals surface area contributed by atoms with Crippen LogP contribution in [0.2, 0.25) is 0 Å². The first-order chi connectivity index (χ1) is 33.4. The Morgan fingerprint density at radius 3 is 1.74 bits per heavy atom. The molecule has 0 saturated heterocycles. The molecule has 360 valence electrons. The molecule has 0 atom stereocenters. The van der Waals surface area contributed by atoms with Gasteiger partial charge in [0.05, 0.1) is 36.9 Å². The highest BCUT2D eigenvalue weighted by Crippen LogP contribution is 2.44. The van der Waals surface area contributed by atoms with Gasteiger partial charge in [-0.1, -0.05) is 12.6 Å². The van der Waals surface area contributed by atoms with Crippen LogP contribution in [0, 0.1) is 37.5 Å². The number of hydrogen-bond acceptors (Lipinski definition) is 15. The summed E-state index contributed by atoms with van der Waals surface area (Å²) in [6, 6.07) is 22.0. The average molecular weight is 958 g/mol. The van der Waals surface area contributed by atoms with Crippen LogP contribution in [0.4, 0.5) is 0 Å². The van der Waals surface area contributed by atoms with Crippen molar-refractivity contribution < 1.29 is 61.9 Å². The number of carbonyl (C=O) groups excluding carboxylic acids is 5. The number of hydrogen-bond donors (Lipinski definition) is 1. The standard InChI is InChI=1S/C54H55NO13S/c1-4-47(57)63-28-8-6-5-7-27-62-39-21-23-41(24-22-39)65-52(59)35-9-13-36(14-10-35)53(60)67-43-25-26-44(49-48(43)55-50(69-49)46-31-42-33(3)29-32(2)30-45(42)66-46)68-54(61)37-15-11-34(12-16-37)51(58)64-40-19-17-38(56)18-20-40/h4,17-26,29-31,34-37,56H,1,5-16,27-28H2,2-3H3. The lowest BCUT2D eigenvalue weighted by Crippen LogP contribution is -2.30. The Bertz CT molecular complexity index is 2810. The molecule has 0 radical (unpaired) electrons. The molecule has 0 amide bonds. The number of carbonyl (C=O) groups is 5. The number of aryl methyl sites for hydroxylation is 2. The van der Waals surface area contributed by atoms with Gasteiger partial charge in [-0.2, -0.15) is 0 Å². The summed E-state index contributed by atoms with van der Waals surface area (Å²) in [6.45, 7) is 8.31. The minimum absolute atomic E-state index is 0.0716. The molecule has 8 rings (SSSR count). The molecule has 2 aliphatic carbocycles. The van der Waals surface area contributed by atoms with Crippen molar-refractivity contribution in [3.63, 3.8) is 0 Å². The predicted octanol–water partition coefficient (Wildman–Crippen LogP) is 11.3. The van der Waals surface area contributed by atoms with E-state index >= 15 is 0 Å². The van der Waals surface area contributed by atoms with Gasteiger partial charge in [-0.25, -0.2) is 9.78 Å². The van der Waals surface area contributed by atoms with Gasteiger partial charge in [-0.3, -0.25) is 19.2 Å². The highest BCUT2D eigenvalue weighted by Gasteiger charge is 2.35. The maximum Gasteiger partial charge on any atom is 0.330 e. The second kappa shape index (κ2) is 22.4. The molecule has 14 nitrogen and oxygen atoms in total. The second-order valence-corrected chi connectivity index (χ2v) is 18.7. The van der Waals surface area contributed by atoms with E-state index in [1.165, 1.54) is 35.6 Å². The van der Waals surface area contributed by atoms with Gasteiger partial charge in [0.2, 0.25) is 0 Å². The molecule has 4 aromatic carbocycles. The van der Waals surface area contributed by atoms with E-state index in [0.717, 1.165) is 48.3 Å². The largest absolute Gasteiger partial charge is 0.508 e. The number of phenolic OH excluding ortho intramolecular Hbond substituents is 1. The van der Waals surface area contributed by atoms with Crippen molar-refractivity contribution in [3.8, 4) is 45.3 Å². The van der Waals surface area contributed by atoms with Crippen molar-refractivity contribution in [2.75, 3.05) is 13.2 Å². The third-order valence-corrected chi connectivity index (χ3v) is 13.8. The fourth-order valence-corrected chi connectivity index (χ4v) is 9.82. The summed E-state index contributed by atoms with van der Waals surface area (Å²) in [5, 5.41) is 11.0. The van der Waals surface area contributed by atoms with Gasteiger partial charge in [0.15, 0.2) is 22.3 Å². The molecule has 2 fully saturated rings. The van der Waals surface area contributed by atoms with Gasteiger partial charge in [-0.15, -0.1) is 11.3 Å². The Labute approximate surface area is 403 Å². The first kappa shape index (κ1) is 48.5. The highest BCUT2D eigenvalue weighted by molar-refractivity contribution is 7.22. The smallest absolute Gasteiger partial charge is 0.330 e. The molecule has 6 aromatic rings. The summed E-state index contributed by atoms with van der Waals surface area (Å²) in [4.78, 5) is 69.6. The SMILES string of the molecule is C=CC(=O)OCCCCCCOc1ccc(OC(=O)C2CCC(C(=O)Oc3ccc(OC(=O)C4CCC(C(=O)Oc5ccc(O)cc5)CC4)c4sc(-c5cc6c(C)cc(C)cc6o5)nc34)CC2)cc1. The Kier molecular flexibility index (Phi) is 15.7. The van der Waals surface area contributed by atoms with E-state index in [1.807, 2.05) is 26.0 Å². The number of phenols is 1. The van der Waals surface area contributed by atoms with E-state index in [0.29, 0.717) is 108 Å². The quantitative estimate of drug-likeness (QED) is 0.0371. The molecule has 0 bridgehead atoms. The van der Waals surface area contributed by atoms with Crippen molar-refractivity contribution >= 4 is 62.4 Å². The van der Waals surface area contributed by atoms with Crippen LogP contribution in [-0.2, 0) is 28.7 Å². The number of fused-ring (bicyclic) bond motifs is 2.